The van der Waals surface area contributed by atoms with Crippen LogP contribution >= 0.6 is 0 Å². The van der Waals surface area contributed by atoms with E-state index < -0.39 is 0 Å². The number of fused-ring (bicyclic) bond motifs is 1. The maximum absolute atomic E-state index is 13.5. The van der Waals surface area contributed by atoms with Gasteiger partial charge in [0.1, 0.15) is 6.61 Å². The summed E-state index contributed by atoms with van der Waals surface area (Å²) >= 11 is 0. The molecule has 9 nitrogen and oxygen atoms in total. The summed E-state index contributed by atoms with van der Waals surface area (Å²) in [5, 5.41) is 11.7. The van der Waals surface area contributed by atoms with Crippen LogP contribution in [-0.4, -0.2) is 80.9 Å². The molecule has 3 heterocycles. The maximum Gasteiger partial charge on any atom is 0.410 e. The predicted octanol–water partition coefficient (Wildman–Crippen LogP) is 5.43. The molecule has 0 atom stereocenters. The largest absolute Gasteiger partial charge is 0.445 e. The Balaban J connectivity index is 1.32. The highest BCUT2D eigenvalue weighted by Gasteiger charge is 2.25. The number of rotatable bonds is 10. The van der Waals surface area contributed by atoms with Gasteiger partial charge in [-0.05, 0) is 55.0 Å². The Morgan fingerprint density at radius 2 is 1.84 bits per heavy atom. The van der Waals surface area contributed by atoms with Crippen LogP contribution in [0.2, 0.25) is 0 Å². The van der Waals surface area contributed by atoms with Crippen LogP contribution in [0.5, 0.6) is 0 Å². The summed E-state index contributed by atoms with van der Waals surface area (Å²) in [5.41, 5.74) is 4.64. The van der Waals surface area contributed by atoms with Crippen LogP contribution < -0.4 is 0 Å². The number of amides is 2. The Kier molecular flexibility index (Phi) is 9.61. The highest BCUT2D eigenvalue weighted by molar-refractivity contribution is 6.05. The molecule has 0 radical (unpaired) electrons. The summed E-state index contributed by atoms with van der Waals surface area (Å²) in [4.78, 5) is 33.7. The Morgan fingerprint density at radius 1 is 1.07 bits per heavy atom. The van der Waals surface area contributed by atoms with Crippen LogP contribution in [-0.2, 0) is 17.8 Å². The number of aromatic nitrogens is 3. The van der Waals surface area contributed by atoms with Crippen molar-refractivity contribution in [1.82, 2.24) is 23.9 Å². The van der Waals surface area contributed by atoms with Gasteiger partial charge in [-0.15, -0.1) is 0 Å². The maximum atomic E-state index is 13.5. The molecular weight excluding hydrogens is 542 g/mol. The van der Waals surface area contributed by atoms with Gasteiger partial charge >= 0.3 is 6.09 Å². The molecule has 1 saturated heterocycles. The fourth-order valence-electron chi connectivity index (χ4n) is 5.68. The third-order valence-electron chi connectivity index (χ3n) is 8.14. The molecule has 1 fully saturated rings. The number of carbonyl (C=O) groups is 2. The molecule has 0 bridgehead atoms. The Hall–Kier alpha value is -4.37. The topological polar surface area (TPSA) is 92.8 Å². The zero-order chi connectivity index (χ0) is 30.3. The van der Waals surface area contributed by atoms with Crippen LogP contribution in [0, 0.1) is 5.92 Å². The number of allylic oxidation sites excluding steroid dienone is 1. The summed E-state index contributed by atoms with van der Waals surface area (Å²) in [5.74, 6) is 0.297. The van der Waals surface area contributed by atoms with E-state index in [1.54, 1.807) is 16.8 Å². The number of aliphatic hydroxyl groups is 1. The van der Waals surface area contributed by atoms with Crippen molar-refractivity contribution in [3.8, 4) is 11.1 Å². The lowest BCUT2D eigenvalue weighted by atomic mass is 9.97. The lowest BCUT2D eigenvalue weighted by molar-refractivity contribution is 0.0767. The van der Waals surface area contributed by atoms with Crippen LogP contribution in [0.4, 0.5) is 4.79 Å². The lowest BCUT2D eigenvalue weighted by Crippen LogP contribution is -2.39. The zero-order valence-corrected chi connectivity index (χ0v) is 25.3. The van der Waals surface area contributed by atoms with Crippen LogP contribution in [0.3, 0.4) is 0 Å². The summed E-state index contributed by atoms with van der Waals surface area (Å²) in [7, 11) is 1.71. The normalized spacial score (nSPS) is 13.7. The van der Waals surface area contributed by atoms with Crippen molar-refractivity contribution in [3.05, 3.63) is 90.3 Å². The van der Waals surface area contributed by atoms with Crippen LogP contribution in [0.15, 0.2) is 79.0 Å². The molecule has 1 aliphatic heterocycles. The number of hydrogen-bond donors (Lipinski definition) is 1. The zero-order valence-electron chi connectivity index (χ0n) is 25.3. The standard InChI is InChI=1S/C34H41N5O4/c1-25(2)13-18-43-34(42)38-14-11-26(12-15-38)20-39-24-35-19-28(39)21-37-22-31(32(23-37)33(41)36(3)16-17-40)30-10-6-8-27-7-4-5-9-29(27)30/h4-10,13,19,22-24,26,40H,11-12,14-18,20-21H2,1-3H3. The monoisotopic (exact) mass is 583 g/mol. The van der Waals surface area contributed by atoms with Gasteiger partial charge in [0.25, 0.3) is 5.91 Å². The van der Waals surface area contributed by atoms with E-state index in [2.05, 4.69) is 38.4 Å². The fourth-order valence-corrected chi connectivity index (χ4v) is 5.68. The van der Waals surface area contributed by atoms with Gasteiger partial charge < -0.3 is 28.8 Å². The van der Waals surface area contributed by atoms with E-state index in [0.29, 0.717) is 37.7 Å². The minimum Gasteiger partial charge on any atom is -0.445 e. The third-order valence-corrected chi connectivity index (χ3v) is 8.14. The van der Waals surface area contributed by atoms with Crippen molar-refractivity contribution in [2.45, 2.75) is 39.8 Å². The molecular formula is C34H41N5O4. The van der Waals surface area contributed by atoms with Crippen molar-refractivity contribution in [3.63, 3.8) is 0 Å². The highest BCUT2D eigenvalue weighted by Crippen LogP contribution is 2.33. The number of imidazole rings is 1. The number of hydrogen-bond acceptors (Lipinski definition) is 5. The highest BCUT2D eigenvalue weighted by atomic mass is 16.6. The van der Waals surface area contributed by atoms with Crippen LogP contribution in [0.25, 0.3) is 21.9 Å². The van der Waals surface area contributed by atoms with Crippen molar-refractivity contribution in [2.24, 2.45) is 5.92 Å². The van der Waals surface area contributed by atoms with Gasteiger partial charge in [0.15, 0.2) is 0 Å². The molecule has 0 spiro atoms. The van der Waals surface area contributed by atoms with E-state index in [1.165, 1.54) is 0 Å². The first-order chi connectivity index (χ1) is 20.8. The molecule has 226 valence electrons. The molecule has 0 unspecified atom stereocenters. The number of piperidine rings is 1. The van der Waals surface area contributed by atoms with Crippen molar-refractivity contribution >= 4 is 22.8 Å². The van der Waals surface area contributed by atoms with Gasteiger partial charge in [0.05, 0.1) is 30.7 Å². The number of nitrogens with zero attached hydrogens (tertiary/aromatic N) is 5. The number of benzene rings is 2. The molecule has 0 saturated carbocycles. The minimum absolute atomic E-state index is 0.0955. The second kappa shape index (κ2) is 13.7. The van der Waals surface area contributed by atoms with Gasteiger partial charge in [-0.1, -0.05) is 48.0 Å². The SMILES string of the molecule is CC(C)=CCOC(=O)N1CCC(Cn2cncc2Cn2cc(C(=O)N(C)CCO)c(-c3cccc4ccccc34)c2)CC1. The number of carbonyl (C=O) groups excluding carboxylic acids is 2. The quantitative estimate of drug-likeness (QED) is 0.251. The van der Waals surface area contributed by atoms with E-state index in [4.69, 9.17) is 4.74 Å². The molecule has 1 N–H and O–H groups in total. The summed E-state index contributed by atoms with van der Waals surface area (Å²) < 4.78 is 9.62. The molecule has 2 aromatic carbocycles. The Bertz CT molecular complexity index is 1590. The van der Waals surface area contributed by atoms with E-state index in [-0.39, 0.29) is 25.2 Å². The average Bonchev–Trinajstić information content (AvgIpc) is 3.63. The third kappa shape index (κ3) is 7.17. The van der Waals surface area contributed by atoms with Gasteiger partial charge in [-0.3, -0.25) is 4.79 Å². The van der Waals surface area contributed by atoms with E-state index >= 15 is 0 Å². The molecule has 5 rings (SSSR count). The predicted molar refractivity (Wildman–Crippen MR) is 168 cm³/mol. The second-order valence-electron chi connectivity index (χ2n) is 11.6. The second-order valence-corrected chi connectivity index (χ2v) is 11.6. The minimum atomic E-state index is -0.246. The summed E-state index contributed by atoms with van der Waals surface area (Å²) in [6.45, 7) is 7.19. The smallest absolute Gasteiger partial charge is 0.410 e. The van der Waals surface area contributed by atoms with Crippen LogP contribution in [0.1, 0.15) is 42.7 Å². The van der Waals surface area contributed by atoms with Gasteiger partial charge in [0.2, 0.25) is 0 Å². The molecule has 4 aromatic rings. The molecule has 9 heteroatoms. The molecule has 2 aromatic heterocycles. The molecule has 2 amide bonds. The first-order valence-corrected chi connectivity index (χ1v) is 14.9. The van der Waals surface area contributed by atoms with Gasteiger partial charge in [0, 0.05) is 57.4 Å². The van der Waals surface area contributed by atoms with Crippen molar-refractivity contribution in [1.29, 1.82) is 0 Å². The lowest BCUT2D eigenvalue weighted by Gasteiger charge is -2.31. The number of likely N-dealkylation sites (N-methyl/N-ethyl adjacent to an activating group) is 1. The van der Waals surface area contributed by atoms with E-state index in [0.717, 1.165) is 52.6 Å². The van der Waals surface area contributed by atoms with E-state index in [9.17, 15) is 14.7 Å². The molecule has 1 aliphatic rings. The number of likely N-dealkylation sites (tertiary alicyclic amines) is 1. The first kappa shape index (κ1) is 30.1. The van der Waals surface area contributed by atoms with Crippen molar-refractivity contribution < 1.29 is 19.4 Å². The summed E-state index contributed by atoms with van der Waals surface area (Å²) in [6.07, 6.45) is 11.2. The first-order valence-electron chi connectivity index (χ1n) is 14.9. The van der Waals surface area contributed by atoms with Crippen molar-refractivity contribution in [2.75, 3.05) is 39.9 Å². The summed E-state index contributed by atoms with van der Waals surface area (Å²) in [6, 6.07) is 14.3. The Morgan fingerprint density at radius 3 is 2.60 bits per heavy atom. The molecule has 0 aliphatic carbocycles. The van der Waals surface area contributed by atoms with Gasteiger partial charge in [-0.2, -0.15) is 0 Å². The van der Waals surface area contributed by atoms with E-state index in [1.807, 2.05) is 63.0 Å². The molecule has 43 heavy (non-hydrogen) atoms. The average molecular weight is 584 g/mol. The number of ether oxygens (including phenoxy) is 1. The van der Waals surface area contributed by atoms with Gasteiger partial charge in [-0.25, -0.2) is 9.78 Å². The Labute approximate surface area is 253 Å². The number of aliphatic hydroxyl groups excluding tert-OH is 1. The fraction of sp³-hybridized carbons (Fsp3) is 0.382.